The molecule has 10 heteroatoms. The zero-order chi connectivity index (χ0) is 24.3. The van der Waals surface area contributed by atoms with Crippen LogP contribution in [-0.4, -0.2) is 41.7 Å². The van der Waals surface area contributed by atoms with Gasteiger partial charge in [-0.05, 0) is 48.5 Å². The van der Waals surface area contributed by atoms with Crippen LogP contribution in [0.5, 0.6) is 0 Å². The number of aromatic nitrogens is 2. The number of hydrogen-bond donors (Lipinski definition) is 0. The van der Waals surface area contributed by atoms with E-state index >= 15 is 0 Å². The molecule has 0 aliphatic rings. The van der Waals surface area contributed by atoms with E-state index in [-0.39, 0.29) is 17.3 Å². The standard InChI is InChI=1S/C24H23ClN4O3S2/c1-3-28(4-2)34(31,32)19-13-11-17(12-14-19)23(30)29(16-18-8-5-6-15-26-18)24-27-22-20(25)9-7-10-21(22)33-24/h5-15H,3-4,16H2,1-2H3. The number of carbonyl (C=O) groups is 1. The highest BCUT2D eigenvalue weighted by atomic mass is 35.5. The van der Waals surface area contributed by atoms with Gasteiger partial charge in [-0.2, -0.15) is 4.31 Å². The molecule has 0 bridgehead atoms. The van der Waals surface area contributed by atoms with E-state index in [0.717, 1.165) is 4.70 Å². The molecule has 0 fully saturated rings. The lowest BCUT2D eigenvalue weighted by Crippen LogP contribution is -2.31. The maximum atomic E-state index is 13.6. The van der Waals surface area contributed by atoms with E-state index < -0.39 is 10.0 Å². The van der Waals surface area contributed by atoms with Crippen molar-refractivity contribution >= 4 is 54.2 Å². The van der Waals surface area contributed by atoms with Crippen molar-refractivity contribution in [2.24, 2.45) is 0 Å². The number of carbonyl (C=O) groups excluding carboxylic acids is 1. The molecule has 7 nitrogen and oxygen atoms in total. The number of amides is 1. The molecule has 176 valence electrons. The van der Waals surface area contributed by atoms with Gasteiger partial charge in [-0.25, -0.2) is 13.4 Å². The predicted octanol–water partition coefficient (Wildman–Crippen LogP) is 5.22. The summed E-state index contributed by atoms with van der Waals surface area (Å²) in [5.74, 6) is -0.312. The Kier molecular flexibility index (Phi) is 7.27. The van der Waals surface area contributed by atoms with Crippen LogP contribution in [0.25, 0.3) is 10.2 Å². The number of anilines is 1. The van der Waals surface area contributed by atoms with Crippen molar-refractivity contribution in [3.8, 4) is 0 Å². The average molecular weight is 515 g/mol. The molecule has 4 aromatic rings. The van der Waals surface area contributed by atoms with Gasteiger partial charge >= 0.3 is 0 Å². The largest absolute Gasteiger partial charge is 0.278 e. The highest BCUT2D eigenvalue weighted by Gasteiger charge is 2.25. The summed E-state index contributed by atoms with van der Waals surface area (Å²) in [6.45, 7) is 4.53. The fourth-order valence-electron chi connectivity index (χ4n) is 3.54. The van der Waals surface area contributed by atoms with Crippen LogP contribution in [0.15, 0.2) is 71.8 Å². The molecule has 0 unspecified atom stereocenters. The molecule has 0 atom stereocenters. The Hall–Kier alpha value is -2.85. The summed E-state index contributed by atoms with van der Waals surface area (Å²) in [4.78, 5) is 24.2. The maximum Gasteiger partial charge on any atom is 0.260 e. The normalized spacial score (nSPS) is 11.8. The quantitative estimate of drug-likeness (QED) is 0.322. The maximum absolute atomic E-state index is 13.6. The van der Waals surface area contributed by atoms with Crippen molar-refractivity contribution in [1.29, 1.82) is 0 Å². The molecule has 0 radical (unpaired) electrons. The lowest BCUT2D eigenvalue weighted by atomic mass is 10.2. The van der Waals surface area contributed by atoms with Gasteiger partial charge in [0.25, 0.3) is 5.91 Å². The van der Waals surface area contributed by atoms with Crippen LogP contribution in [0.2, 0.25) is 5.02 Å². The van der Waals surface area contributed by atoms with Crippen LogP contribution >= 0.6 is 22.9 Å². The second kappa shape index (κ2) is 10.2. The molecule has 0 aliphatic carbocycles. The van der Waals surface area contributed by atoms with Crippen molar-refractivity contribution < 1.29 is 13.2 Å². The van der Waals surface area contributed by atoms with Gasteiger partial charge in [-0.3, -0.25) is 14.7 Å². The minimum absolute atomic E-state index is 0.149. The summed E-state index contributed by atoms with van der Waals surface area (Å²) >= 11 is 7.67. The van der Waals surface area contributed by atoms with E-state index in [2.05, 4.69) is 9.97 Å². The summed E-state index contributed by atoms with van der Waals surface area (Å²) < 4.78 is 27.8. The Morgan fingerprint density at radius 1 is 1.00 bits per heavy atom. The summed E-state index contributed by atoms with van der Waals surface area (Å²) in [5.41, 5.74) is 1.67. The van der Waals surface area contributed by atoms with Gasteiger partial charge in [0.1, 0.15) is 5.52 Å². The second-order valence-corrected chi connectivity index (χ2v) is 10.8. The fourth-order valence-corrected chi connectivity index (χ4v) is 6.26. The molecule has 34 heavy (non-hydrogen) atoms. The first-order chi connectivity index (χ1) is 16.3. The molecule has 4 rings (SSSR count). The molecule has 2 heterocycles. The van der Waals surface area contributed by atoms with E-state index in [4.69, 9.17) is 11.6 Å². The topological polar surface area (TPSA) is 83.5 Å². The average Bonchev–Trinajstić information content (AvgIpc) is 3.29. The Morgan fingerprint density at radius 3 is 2.35 bits per heavy atom. The van der Waals surface area contributed by atoms with Crippen LogP contribution in [0.1, 0.15) is 29.9 Å². The molecule has 1 amide bonds. The number of thiazole rings is 1. The highest BCUT2D eigenvalue weighted by Crippen LogP contribution is 2.34. The zero-order valence-electron chi connectivity index (χ0n) is 18.7. The van der Waals surface area contributed by atoms with Crippen molar-refractivity contribution in [2.45, 2.75) is 25.3 Å². The number of nitrogens with zero attached hydrogens (tertiary/aromatic N) is 4. The van der Waals surface area contributed by atoms with Gasteiger partial charge < -0.3 is 0 Å². The van der Waals surface area contributed by atoms with Crippen molar-refractivity contribution in [2.75, 3.05) is 18.0 Å². The van der Waals surface area contributed by atoms with E-state index in [1.165, 1.54) is 44.8 Å². The summed E-state index contributed by atoms with van der Waals surface area (Å²) in [7, 11) is -3.61. The van der Waals surface area contributed by atoms with E-state index in [0.29, 0.717) is 40.0 Å². The second-order valence-electron chi connectivity index (χ2n) is 7.41. The van der Waals surface area contributed by atoms with Gasteiger partial charge in [0.15, 0.2) is 5.13 Å². The van der Waals surface area contributed by atoms with Crippen molar-refractivity contribution in [1.82, 2.24) is 14.3 Å². The minimum Gasteiger partial charge on any atom is -0.278 e. The highest BCUT2D eigenvalue weighted by molar-refractivity contribution is 7.89. The molecular formula is C24H23ClN4O3S2. The van der Waals surface area contributed by atoms with Crippen molar-refractivity contribution in [3.05, 3.63) is 83.1 Å². The predicted molar refractivity (Wildman–Crippen MR) is 136 cm³/mol. The van der Waals surface area contributed by atoms with Crippen LogP contribution < -0.4 is 4.90 Å². The number of hydrogen-bond acceptors (Lipinski definition) is 6. The third kappa shape index (κ3) is 4.83. The lowest BCUT2D eigenvalue weighted by Gasteiger charge is -2.21. The summed E-state index contributed by atoms with van der Waals surface area (Å²) in [6, 6.07) is 17.0. The van der Waals surface area contributed by atoms with Gasteiger partial charge in [0.05, 0.1) is 26.9 Å². The Bertz CT molecular complexity index is 1400. The monoisotopic (exact) mass is 514 g/mol. The Balaban J connectivity index is 1.71. The van der Waals surface area contributed by atoms with Crippen LogP contribution in [0.4, 0.5) is 5.13 Å². The Labute approximate surface area is 207 Å². The summed E-state index contributed by atoms with van der Waals surface area (Å²) in [6.07, 6.45) is 1.67. The van der Waals surface area contributed by atoms with Gasteiger partial charge in [0.2, 0.25) is 10.0 Å². The number of fused-ring (bicyclic) bond motifs is 1. The first-order valence-corrected chi connectivity index (χ1v) is 13.4. The zero-order valence-corrected chi connectivity index (χ0v) is 21.1. The van der Waals surface area contributed by atoms with Gasteiger partial charge in [-0.15, -0.1) is 0 Å². The lowest BCUT2D eigenvalue weighted by molar-refractivity contribution is 0.0984. The van der Waals surface area contributed by atoms with E-state index in [9.17, 15) is 13.2 Å². The van der Waals surface area contributed by atoms with E-state index in [1.54, 1.807) is 26.1 Å². The molecule has 0 aliphatic heterocycles. The SMILES string of the molecule is CCN(CC)S(=O)(=O)c1ccc(C(=O)N(Cc2ccccn2)c2nc3c(Cl)cccc3s2)cc1. The minimum atomic E-state index is -3.61. The van der Waals surface area contributed by atoms with Gasteiger partial charge in [-0.1, -0.05) is 48.9 Å². The first-order valence-electron chi connectivity index (χ1n) is 10.7. The van der Waals surface area contributed by atoms with Crippen molar-refractivity contribution in [3.63, 3.8) is 0 Å². The van der Waals surface area contributed by atoms with Gasteiger partial charge in [0, 0.05) is 24.8 Å². The molecule has 0 N–H and O–H groups in total. The number of halogens is 1. The third-order valence-electron chi connectivity index (χ3n) is 5.33. The van der Waals surface area contributed by atoms with Crippen LogP contribution in [0, 0.1) is 0 Å². The summed E-state index contributed by atoms with van der Waals surface area (Å²) in [5, 5.41) is 0.995. The molecule has 0 spiro atoms. The molecular weight excluding hydrogens is 492 g/mol. The number of rotatable bonds is 8. The van der Waals surface area contributed by atoms with Crippen LogP contribution in [-0.2, 0) is 16.6 Å². The molecule has 0 saturated carbocycles. The number of sulfonamides is 1. The number of pyridine rings is 1. The fraction of sp³-hybridized carbons (Fsp3) is 0.208. The van der Waals surface area contributed by atoms with Crippen LogP contribution in [0.3, 0.4) is 0 Å². The van der Waals surface area contributed by atoms with E-state index in [1.807, 2.05) is 30.3 Å². The Morgan fingerprint density at radius 2 is 1.74 bits per heavy atom. The third-order valence-corrected chi connectivity index (χ3v) is 8.74. The first kappa shape index (κ1) is 24.3. The molecule has 2 aromatic carbocycles. The number of benzene rings is 2. The molecule has 0 saturated heterocycles. The smallest absolute Gasteiger partial charge is 0.260 e. The molecule has 2 aromatic heterocycles. The number of para-hydroxylation sites is 1.